The molecule has 9 nitrogen and oxygen atoms in total. The monoisotopic (exact) mass is 551 g/mol. The van der Waals surface area contributed by atoms with Crippen molar-refractivity contribution in [3.63, 3.8) is 0 Å². The molecule has 36 heavy (non-hydrogen) atoms. The van der Waals surface area contributed by atoms with Gasteiger partial charge in [0.25, 0.3) is 5.91 Å². The molecule has 2 heterocycles. The lowest BCUT2D eigenvalue weighted by atomic mass is 10.0. The number of ether oxygens (including phenoxy) is 1. The third-order valence-electron chi connectivity index (χ3n) is 5.08. The lowest BCUT2D eigenvalue weighted by Gasteiger charge is -2.16. The van der Waals surface area contributed by atoms with Gasteiger partial charge in [-0.15, -0.1) is 22.7 Å². The van der Waals surface area contributed by atoms with Gasteiger partial charge >= 0.3 is 13.6 Å². The molecule has 194 valence electrons. The van der Waals surface area contributed by atoms with Crippen LogP contribution in [0.25, 0.3) is 11.3 Å². The van der Waals surface area contributed by atoms with Gasteiger partial charge in [0, 0.05) is 17.4 Å². The Labute approximate surface area is 218 Å². The van der Waals surface area contributed by atoms with Gasteiger partial charge in [-0.25, -0.2) is 14.5 Å². The first-order chi connectivity index (χ1) is 17.2. The summed E-state index contributed by atoms with van der Waals surface area (Å²) in [7, 11) is -3.82. The molecule has 0 spiro atoms. The van der Waals surface area contributed by atoms with E-state index in [0.717, 1.165) is 17.0 Å². The number of nitrogens with one attached hydrogen (secondary N) is 1. The van der Waals surface area contributed by atoms with Crippen molar-refractivity contribution in [2.45, 2.75) is 53.4 Å². The molecule has 0 aliphatic carbocycles. The summed E-state index contributed by atoms with van der Waals surface area (Å²) in [6.07, 6.45) is 1.66. The Kier molecular flexibility index (Phi) is 9.78. The van der Waals surface area contributed by atoms with Crippen LogP contribution in [0.1, 0.15) is 59.5 Å². The van der Waals surface area contributed by atoms with Crippen molar-refractivity contribution < 1.29 is 28.3 Å². The summed E-state index contributed by atoms with van der Waals surface area (Å²) in [5.74, 6) is -0.365. The fourth-order valence-electron chi connectivity index (χ4n) is 3.41. The van der Waals surface area contributed by atoms with Gasteiger partial charge in [0.2, 0.25) is 0 Å². The van der Waals surface area contributed by atoms with Crippen LogP contribution in [0.4, 0.5) is 5.13 Å². The zero-order valence-corrected chi connectivity index (χ0v) is 23.2. The maximum absolute atomic E-state index is 12.7. The van der Waals surface area contributed by atoms with Gasteiger partial charge in [0.1, 0.15) is 10.6 Å². The number of anilines is 1. The lowest BCUT2D eigenvalue weighted by molar-refractivity contribution is -0.143. The number of nitrogens with zero attached hydrogens (tertiary/aromatic N) is 2. The maximum Gasteiger partial charge on any atom is 0.376 e. The number of aromatic nitrogens is 2. The first-order valence-corrected chi connectivity index (χ1v) is 15.1. The average molecular weight is 552 g/mol. The molecular formula is C24H30N3O6PS2. The third kappa shape index (κ3) is 7.46. The van der Waals surface area contributed by atoms with E-state index in [4.69, 9.17) is 9.26 Å². The van der Waals surface area contributed by atoms with E-state index in [1.165, 1.54) is 22.7 Å². The SMILES string of the molecule is CCCP(=O)(O)Oc1ccc(-c2csc(NC(=O)c3sc(CC)nc3C)n2)cc1CCC(=O)OCC. The zero-order chi connectivity index (χ0) is 26.3. The molecule has 0 aliphatic rings. The number of carbonyl (C=O) groups excluding carboxylic acids is 2. The van der Waals surface area contributed by atoms with Gasteiger partial charge in [0.05, 0.1) is 29.2 Å². The highest BCUT2D eigenvalue weighted by Gasteiger charge is 2.22. The third-order valence-corrected chi connectivity index (χ3v) is 8.63. The molecular weight excluding hydrogens is 521 g/mol. The topological polar surface area (TPSA) is 128 Å². The van der Waals surface area contributed by atoms with Crippen molar-refractivity contribution in [2.24, 2.45) is 0 Å². The van der Waals surface area contributed by atoms with Gasteiger partial charge in [-0.1, -0.05) is 13.8 Å². The molecule has 0 aliphatic heterocycles. The molecule has 0 saturated carbocycles. The van der Waals surface area contributed by atoms with Crippen LogP contribution in [0.15, 0.2) is 23.6 Å². The molecule has 1 aromatic carbocycles. The van der Waals surface area contributed by atoms with E-state index in [0.29, 0.717) is 33.4 Å². The van der Waals surface area contributed by atoms with Crippen LogP contribution in [0.2, 0.25) is 0 Å². The van der Waals surface area contributed by atoms with Crippen LogP contribution in [0.5, 0.6) is 5.75 Å². The number of benzene rings is 1. The molecule has 0 fully saturated rings. The first-order valence-electron chi connectivity index (χ1n) is 11.7. The average Bonchev–Trinajstić information content (AvgIpc) is 3.44. The highest BCUT2D eigenvalue weighted by molar-refractivity contribution is 7.53. The summed E-state index contributed by atoms with van der Waals surface area (Å²) in [5, 5.41) is 5.99. The summed E-state index contributed by atoms with van der Waals surface area (Å²) >= 11 is 2.66. The Morgan fingerprint density at radius 3 is 2.64 bits per heavy atom. The van der Waals surface area contributed by atoms with E-state index in [1.54, 1.807) is 32.0 Å². The number of hydrogen-bond donors (Lipinski definition) is 2. The van der Waals surface area contributed by atoms with Crippen LogP contribution in [0, 0.1) is 6.92 Å². The molecule has 2 aromatic heterocycles. The molecule has 1 unspecified atom stereocenters. The number of rotatable bonds is 12. The maximum atomic E-state index is 12.7. The van der Waals surface area contributed by atoms with Crippen molar-refractivity contribution >= 4 is 47.3 Å². The quantitative estimate of drug-likeness (QED) is 0.212. The second-order valence-corrected chi connectivity index (χ2v) is 11.8. The van der Waals surface area contributed by atoms with Gasteiger partial charge in [-0.2, -0.15) is 0 Å². The smallest absolute Gasteiger partial charge is 0.376 e. The normalized spacial score (nSPS) is 12.7. The minimum absolute atomic E-state index is 0.0280. The molecule has 12 heteroatoms. The highest BCUT2D eigenvalue weighted by atomic mass is 32.1. The van der Waals surface area contributed by atoms with Crippen molar-refractivity contribution in [1.82, 2.24) is 9.97 Å². The Hall–Kier alpha value is -2.59. The van der Waals surface area contributed by atoms with Crippen molar-refractivity contribution in [3.05, 3.63) is 44.7 Å². The number of aryl methyl sites for hydroxylation is 3. The van der Waals surface area contributed by atoms with Gasteiger partial charge in [-0.3, -0.25) is 14.9 Å². The fraction of sp³-hybridized carbons (Fsp3) is 0.417. The van der Waals surface area contributed by atoms with Gasteiger partial charge in [-0.05, 0) is 56.9 Å². The molecule has 3 rings (SSSR count). The minimum atomic E-state index is -3.82. The Bertz CT molecular complexity index is 1270. The summed E-state index contributed by atoms with van der Waals surface area (Å²) in [4.78, 5) is 44.3. The van der Waals surface area contributed by atoms with Gasteiger partial charge < -0.3 is 14.2 Å². The van der Waals surface area contributed by atoms with Gasteiger partial charge in [0.15, 0.2) is 5.13 Å². The summed E-state index contributed by atoms with van der Waals surface area (Å²) < 4.78 is 22.9. The predicted octanol–water partition coefficient (Wildman–Crippen LogP) is 5.86. The van der Waals surface area contributed by atoms with Crippen LogP contribution < -0.4 is 9.84 Å². The fourth-order valence-corrected chi connectivity index (χ4v) is 6.16. The van der Waals surface area contributed by atoms with Crippen LogP contribution in [-0.4, -0.2) is 39.5 Å². The molecule has 1 atom stereocenters. The van der Waals surface area contributed by atoms with E-state index < -0.39 is 7.60 Å². The second-order valence-electron chi connectivity index (χ2n) is 7.95. The van der Waals surface area contributed by atoms with E-state index in [-0.39, 0.29) is 43.2 Å². The van der Waals surface area contributed by atoms with E-state index in [2.05, 4.69) is 15.3 Å². The molecule has 0 radical (unpaired) electrons. The standard InChI is InChI=1S/C24H30N3O6PS2/c1-5-12-34(30,31)33-19-10-8-16(13-17(19)9-11-21(28)32-7-3)18-14-35-24(26-18)27-23(29)22-15(4)25-20(6-2)36-22/h8,10,13-14H,5-7,9,11-12H2,1-4H3,(H,30,31)(H,26,27,29). The van der Waals surface area contributed by atoms with E-state index in [1.807, 2.05) is 19.2 Å². The molecule has 0 bridgehead atoms. The van der Waals surface area contributed by atoms with Crippen LogP contribution in [-0.2, 0) is 26.9 Å². The molecule has 0 saturated heterocycles. The lowest BCUT2D eigenvalue weighted by Crippen LogP contribution is -2.11. The second kappa shape index (κ2) is 12.6. The number of carbonyl (C=O) groups is 2. The summed E-state index contributed by atoms with van der Waals surface area (Å²) in [6.45, 7) is 7.61. The molecule has 1 amide bonds. The first kappa shape index (κ1) is 28.0. The number of hydrogen-bond acceptors (Lipinski definition) is 9. The highest BCUT2D eigenvalue weighted by Crippen LogP contribution is 2.45. The Morgan fingerprint density at radius 1 is 1.19 bits per heavy atom. The summed E-state index contributed by atoms with van der Waals surface area (Å²) in [6, 6.07) is 5.12. The predicted molar refractivity (Wildman–Crippen MR) is 142 cm³/mol. The Balaban J connectivity index is 1.82. The van der Waals surface area contributed by atoms with E-state index >= 15 is 0 Å². The summed E-state index contributed by atoms with van der Waals surface area (Å²) in [5.41, 5.74) is 2.63. The Morgan fingerprint density at radius 2 is 1.97 bits per heavy atom. The van der Waals surface area contributed by atoms with E-state index in [9.17, 15) is 19.0 Å². The van der Waals surface area contributed by atoms with Crippen molar-refractivity contribution in [1.29, 1.82) is 0 Å². The number of amides is 1. The zero-order valence-electron chi connectivity index (χ0n) is 20.7. The minimum Gasteiger partial charge on any atom is -0.466 e. The van der Waals surface area contributed by atoms with Crippen LogP contribution in [0.3, 0.4) is 0 Å². The molecule has 2 N–H and O–H groups in total. The number of thiazole rings is 2. The van der Waals surface area contributed by atoms with Crippen molar-refractivity contribution in [2.75, 3.05) is 18.1 Å². The van der Waals surface area contributed by atoms with Crippen LogP contribution >= 0.6 is 30.3 Å². The van der Waals surface area contributed by atoms with Crippen molar-refractivity contribution in [3.8, 4) is 17.0 Å². The number of esters is 1. The largest absolute Gasteiger partial charge is 0.466 e. The molecule has 3 aromatic rings.